The van der Waals surface area contributed by atoms with Gasteiger partial charge >= 0.3 is 0 Å². The third-order valence-electron chi connectivity index (χ3n) is 4.85. The van der Waals surface area contributed by atoms with Crippen LogP contribution in [0.25, 0.3) is 10.9 Å². The molecule has 29 heavy (non-hydrogen) atoms. The molecule has 1 saturated heterocycles. The lowest BCUT2D eigenvalue weighted by Crippen LogP contribution is -2.44. The molecule has 2 heterocycles. The number of guanidine groups is 1. The molecular formula is C22H33N5O2. The average molecular weight is 400 g/mol. The second kappa shape index (κ2) is 10.4. The molecule has 0 saturated carbocycles. The van der Waals surface area contributed by atoms with Crippen LogP contribution in [0.1, 0.15) is 25.8 Å². The first kappa shape index (κ1) is 21.3. The molecule has 7 nitrogen and oxygen atoms in total. The number of pyridine rings is 1. The van der Waals surface area contributed by atoms with Crippen molar-refractivity contribution in [3.05, 3.63) is 35.9 Å². The number of anilines is 1. The van der Waals surface area contributed by atoms with Crippen LogP contribution in [-0.2, 0) is 16.0 Å². The van der Waals surface area contributed by atoms with Crippen molar-refractivity contribution >= 4 is 22.7 Å². The highest BCUT2D eigenvalue weighted by molar-refractivity contribution is 5.85. The fourth-order valence-corrected chi connectivity index (χ4v) is 3.28. The summed E-state index contributed by atoms with van der Waals surface area (Å²) >= 11 is 0. The lowest BCUT2D eigenvalue weighted by molar-refractivity contribution is 0.0347. The first-order valence-corrected chi connectivity index (χ1v) is 10.4. The van der Waals surface area contributed by atoms with Crippen molar-refractivity contribution in [3.8, 4) is 0 Å². The van der Waals surface area contributed by atoms with Gasteiger partial charge in [-0.2, -0.15) is 0 Å². The monoisotopic (exact) mass is 399 g/mol. The highest BCUT2D eigenvalue weighted by Crippen LogP contribution is 2.22. The Labute approximate surface area is 173 Å². The predicted octanol–water partition coefficient (Wildman–Crippen LogP) is 2.55. The summed E-state index contributed by atoms with van der Waals surface area (Å²) in [6.07, 6.45) is 1.19. The van der Waals surface area contributed by atoms with Crippen LogP contribution in [0.15, 0.2) is 35.3 Å². The maximum Gasteiger partial charge on any atom is 0.191 e. The van der Waals surface area contributed by atoms with E-state index in [9.17, 15) is 0 Å². The Morgan fingerprint density at radius 1 is 1.38 bits per heavy atom. The summed E-state index contributed by atoms with van der Waals surface area (Å²) in [5, 5.41) is 7.91. The minimum absolute atomic E-state index is 0.153. The van der Waals surface area contributed by atoms with E-state index in [2.05, 4.69) is 36.6 Å². The molecule has 0 amide bonds. The Kier molecular flexibility index (Phi) is 7.66. The van der Waals surface area contributed by atoms with E-state index in [4.69, 9.17) is 19.5 Å². The number of rotatable bonds is 8. The van der Waals surface area contributed by atoms with Crippen LogP contribution in [0.2, 0.25) is 0 Å². The molecule has 2 aromatic rings. The molecule has 1 aliphatic rings. The minimum Gasteiger partial charge on any atom is -0.379 e. The topological polar surface area (TPSA) is 71.0 Å². The van der Waals surface area contributed by atoms with Crippen LogP contribution in [-0.4, -0.2) is 63.6 Å². The average Bonchev–Trinajstić information content (AvgIpc) is 3.24. The van der Waals surface area contributed by atoms with Crippen molar-refractivity contribution in [1.29, 1.82) is 0 Å². The van der Waals surface area contributed by atoms with Gasteiger partial charge in [-0.05, 0) is 38.0 Å². The van der Waals surface area contributed by atoms with E-state index in [1.54, 1.807) is 0 Å². The summed E-state index contributed by atoms with van der Waals surface area (Å²) in [7, 11) is 4.01. The highest BCUT2D eigenvalue weighted by atomic mass is 16.5. The first-order chi connectivity index (χ1) is 14.1. The van der Waals surface area contributed by atoms with Gasteiger partial charge in [0.25, 0.3) is 0 Å². The van der Waals surface area contributed by atoms with Gasteiger partial charge < -0.3 is 25.0 Å². The van der Waals surface area contributed by atoms with Crippen LogP contribution in [0.4, 0.5) is 5.82 Å². The molecule has 3 rings (SSSR count). The smallest absolute Gasteiger partial charge is 0.191 e. The van der Waals surface area contributed by atoms with E-state index >= 15 is 0 Å². The van der Waals surface area contributed by atoms with Crippen molar-refractivity contribution < 1.29 is 9.47 Å². The second-order valence-corrected chi connectivity index (χ2v) is 7.61. The van der Waals surface area contributed by atoms with E-state index in [1.807, 2.05) is 37.2 Å². The lowest BCUT2D eigenvalue weighted by atomic mass is 10.1. The van der Waals surface area contributed by atoms with Gasteiger partial charge in [0.1, 0.15) is 5.82 Å². The third kappa shape index (κ3) is 6.05. The molecule has 0 spiro atoms. The van der Waals surface area contributed by atoms with E-state index in [-0.39, 0.29) is 12.1 Å². The summed E-state index contributed by atoms with van der Waals surface area (Å²) in [5.74, 6) is 1.73. The van der Waals surface area contributed by atoms with Gasteiger partial charge in [0.05, 0.1) is 31.4 Å². The number of ether oxygens (including phenoxy) is 2. The molecule has 158 valence electrons. The molecule has 2 atom stereocenters. The van der Waals surface area contributed by atoms with E-state index < -0.39 is 0 Å². The summed E-state index contributed by atoms with van der Waals surface area (Å²) in [5.41, 5.74) is 2.14. The minimum atomic E-state index is 0.153. The summed E-state index contributed by atoms with van der Waals surface area (Å²) in [6.45, 7) is 7.67. The van der Waals surface area contributed by atoms with Crippen molar-refractivity contribution in [3.63, 3.8) is 0 Å². The quantitative estimate of drug-likeness (QED) is 0.525. The number of benzene rings is 1. The zero-order valence-corrected chi connectivity index (χ0v) is 17.9. The van der Waals surface area contributed by atoms with Crippen molar-refractivity contribution in [1.82, 2.24) is 15.6 Å². The molecule has 2 N–H and O–H groups in total. The Morgan fingerprint density at radius 3 is 2.93 bits per heavy atom. The Hall–Kier alpha value is -2.38. The standard InChI is InChI=1S/C22H33N5O2/c1-5-23-22(25-16(2)14-29-18-10-11-28-15-18)24-13-17-12-21(27(3)4)26-20-9-7-6-8-19(17)20/h6-9,12,16,18H,5,10-11,13-15H2,1-4H3,(H2,23,24,25). The van der Waals surface area contributed by atoms with Gasteiger partial charge in [-0.25, -0.2) is 9.98 Å². The zero-order valence-electron chi connectivity index (χ0n) is 17.9. The van der Waals surface area contributed by atoms with Crippen molar-refractivity contribution in [2.24, 2.45) is 4.99 Å². The number of nitrogens with zero attached hydrogens (tertiary/aromatic N) is 3. The predicted molar refractivity (Wildman–Crippen MR) is 119 cm³/mol. The summed E-state index contributed by atoms with van der Waals surface area (Å²) < 4.78 is 11.3. The van der Waals surface area contributed by atoms with Crippen LogP contribution in [0.5, 0.6) is 0 Å². The first-order valence-electron chi connectivity index (χ1n) is 10.4. The van der Waals surface area contributed by atoms with Crippen LogP contribution < -0.4 is 15.5 Å². The number of para-hydroxylation sites is 1. The molecule has 1 aromatic carbocycles. The number of nitrogens with one attached hydrogen (secondary N) is 2. The van der Waals surface area contributed by atoms with E-state index in [0.29, 0.717) is 19.8 Å². The molecular weight excluding hydrogens is 366 g/mol. The zero-order chi connectivity index (χ0) is 20.6. The summed E-state index contributed by atoms with van der Waals surface area (Å²) in [4.78, 5) is 11.6. The van der Waals surface area contributed by atoms with Gasteiger partial charge in [-0.1, -0.05) is 18.2 Å². The summed E-state index contributed by atoms with van der Waals surface area (Å²) in [6, 6.07) is 10.5. The third-order valence-corrected chi connectivity index (χ3v) is 4.85. The van der Waals surface area contributed by atoms with E-state index in [1.165, 1.54) is 0 Å². The number of hydrogen-bond donors (Lipinski definition) is 2. The van der Waals surface area contributed by atoms with Crippen LogP contribution in [0, 0.1) is 0 Å². The fraction of sp³-hybridized carbons (Fsp3) is 0.545. The number of hydrogen-bond acceptors (Lipinski definition) is 5. The second-order valence-electron chi connectivity index (χ2n) is 7.61. The Balaban J connectivity index is 1.70. The molecule has 1 aromatic heterocycles. The molecule has 0 radical (unpaired) electrons. The molecule has 2 unspecified atom stereocenters. The molecule has 0 bridgehead atoms. The van der Waals surface area contributed by atoms with Gasteiger partial charge in [0, 0.05) is 38.7 Å². The largest absolute Gasteiger partial charge is 0.379 e. The van der Waals surface area contributed by atoms with E-state index in [0.717, 1.165) is 47.8 Å². The number of fused-ring (bicyclic) bond motifs is 1. The van der Waals surface area contributed by atoms with Gasteiger partial charge in [-0.3, -0.25) is 0 Å². The van der Waals surface area contributed by atoms with Crippen LogP contribution >= 0.6 is 0 Å². The molecule has 1 fully saturated rings. The maximum atomic E-state index is 5.92. The fourth-order valence-electron chi connectivity index (χ4n) is 3.28. The molecule has 7 heteroatoms. The maximum absolute atomic E-state index is 5.92. The lowest BCUT2D eigenvalue weighted by Gasteiger charge is -2.20. The SMILES string of the molecule is CCNC(=NCc1cc(N(C)C)nc2ccccc12)NC(C)COC1CCOC1. The van der Waals surface area contributed by atoms with Crippen molar-refractivity contribution in [2.75, 3.05) is 45.4 Å². The molecule has 0 aliphatic carbocycles. The Morgan fingerprint density at radius 2 is 2.21 bits per heavy atom. The van der Waals surface area contributed by atoms with Gasteiger partial charge in [-0.15, -0.1) is 0 Å². The number of aliphatic imine (C=N–C) groups is 1. The Bertz CT molecular complexity index is 818. The normalized spacial score (nSPS) is 18.1. The van der Waals surface area contributed by atoms with Gasteiger partial charge in [0.2, 0.25) is 0 Å². The van der Waals surface area contributed by atoms with Crippen LogP contribution in [0.3, 0.4) is 0 Å². The number of aromatic nitrogens is 1. The molecule has 1 aliphatic heterocycles. The van der Waals surface area contributed by atoms with Gasteiger partial charge in [0.15, 0.2) is 5.96 Å². The highest BCUT2D eigenvalue weighted by Gasteiger charge is 2.17. The van der Waals surface area contributed by atoms with Crippen molar-refractivity contribution in [2.45, 2.75) is 39.0 Å².